The number of likely N-dealkylation sites (tertiary alicyclic amines) is 1. The van der Waals surface area contributed by atoms with Gasteiger partial charge in [-0.25, -0.2) is 0 Å². The van der Waals surface area contributed by atoms with Crippen molar-refractivity contribution >= 4 is 24.3 Å². The molecule has 1 saturated heterocycles. The normalized spacial score (nSPS) is 16.7. The minimum atomic E-state index is -0.830. The zero-order chi connectivity index (χ0) is 16.2. The molecule has 1 unspecified atom stereocenters. The molecular formula is C16H19ClN4O3. The molecule has 24 heavy (non-hydrogen) atoms. The first kappa shape index (κ1) is 17.9. The fourth-order valence-electron chi connectivity index (χ4n) is 2.80. The number of aryl methyl sites for hydroxylation is 1. The van der Waals surface area contributed by atoms with Crippen molar-refractivity contribution < 1.29 is 14.7 Å². The van der Waals surface area contributed by atoms with E-state index in [2.05, 4.69) is 10.2 Å². The molecule has 0 spiro atoms. The standard InChI is InChI=1S/C16H18N4O3.ClH/c21-15(19-9-8-12(10-19)16(22)23)7-6-14-18-17-11-20(14)13-4-2-1-3-5-13;/h1-5,11-12H,6-10H2,(H,22,23);1H. The summed E-state index contributed by atoms with van der Waals surface area (Å²) in [5, 5.41) is 17.0. The summed E-state index contributed by atoms with van der Waals surface area (Å²) in [5.41, 5.74) is 0.951. The van der Waals surface area contributed by atoms with Crippen molar-refractivity contribution in [1.82, 2.24) is 19.7 Å². The summed E-state index contributed by atoms with van der Waals surface area (Å²) in [4.78, 5) is 24.8. The number of hydrogen-bond acceptors (Lipinski definition) is 4. The minimum absolute atomic E-state index is 0. The Morgan fingerprint density at radius 2 is 2.00 bits per heavy atom. The molecule has 0 radical (unpaired) electrons. The largest absolute Gasteiger partial charge is 0.481 e. The molecule has 128 valence electrons. The molecule has 1 aliphatic heterocycles. The van der Waals surface area contributed by atoms with Gasteiger partial charge in [-0.2, -0.15) is 0 Å². The average molecular weight is 351 g/mol. The van der Waals surface area contributed by atoms with Crippen LogP contribution in [0.15, 0.2) is 36.7 Å². The monoisotopic (exact) mass is 350 g/mol. The van der Waals surface area contributed by atoms with Crippen LogP contribution in [0.1, 0.15) is 18.7 Å². The molecular weight excluding hydrogens is 332 g/mol. The topological polar surface area (TPSA) is 88.3 Å². The van der Waals surface area contributed by atoms with Gasteiger partial charge in [-0.15, -0.1) is 22.6 Å². The number of amides is 1. The van der Waals surface area contributed by atoms with Crippen molar-refractivity contribution in [3.05, 3.63) is 42.5 Å². The number of carbonyl (C=O) groups is 2. The molecule has 1 aliphatic rings. The fraction of sp³-hybridized carbons (Fsp3) is 0.375. The van der Waals surface area contributed by atoms with Gasteiger partial charge in [0.2, 0.25) is 5.91 Å². The number of halogens is 1. The lowest BCUT2D eigenvalue weighted by molar-refractivity contribution is -0.141. The van der Waals surface area contributed by atoms with Gasteiger partial charge in [0.25, 0.3) is 0 Å². The van der Waals surface area contributed by atoms with E-state index in [0.717, 1.165) is 11.5 Å². The van der Waals surface area contributed by atoms with E-state index in [1.165, 1.54) is 0 Å². The van der Waals surface area contributed by atoms with E-state index >= 15 is 0 Å². The van der Waals surface area contributed by atoms with Crippen molar-refractivity contribution in [1.29, 1.82) is 0 Å². The molecule has 3 rings (SSSR count). The Morgan fingerprint density at radius 3 is 2.67 bits per heavy atom. The number of nitrogens with zero attached hydrogens (tertiary/aromatic N) is 4. The van der Waals surface area contributed by atoms with Crippen molar-refractivity contribution in [2.24, 2.45) is 5.92 Å². The number of carboxylic acids is 1. The van der Waals surface area contributed by atoms with Gasteiger partial charge >= 0.3 is 5.97 Å². The molecule has 0 aliphatic carbocycles. The molecule has 1 amide bonds. The van der Waals surface area contributed by atoms with Crippen LogP contribution in [0.2, 0.25) is 0 Å². The van der Waals surface area contributed by atoms with Gasteiger partial charge in [-0.05, 0) is 18.6 Å². The number of carbonyl (C=O) groups excluding carboxylic acids is 1. The third-order valence-electron chi connectivity index (χ3n) is 4.11. The smallest absolute Gasteiger partial charge is 0.308 e. The van der Waals surface area contributed by atoms with E-state index in [0.29, 0.717) is 32.4 Å². The van der Waals surface area contributed by atoms with Crippen LogP contribution in [0.3, 0.4) is 0 Å². The quantitative estimate of drug-likeness (QED) is 0.884. The van der Waals surface area contributed by atoms with Crippen molar-refractivity contribution in [3.63, 3.8) is 0 Å². The summed E-state index contributed by atoms with van der Waals surface area (Å²) < 4.78 is 1.86. The predicted octanol–water partition coefficient (Wildman–Crippen LogP) is 1.55. The number of aromatic nitrogens is 3. The van der Waals surface area contributed by atoms with Crippen LogP contribution in [0.4, 0.5) is 0 Å². The number of rotatable bonds is 5. The highest BCUT2D eigenvalue weighted by Gasteiger charge is 2.30. The van der Waals surface area contributed by atoms with Gasteiger partial charge in [0.15, 0.2) is 0 Å². The first-order chi connectivity index (χ1) is 11.1. The molecule has 0 bridgehead atoms. The molecule has 0 saturated carbocycles. The second kappa shape index (κ2) is 7.92. The number of benzene rings is 1. The fourth-order valence-corrected chi connectivity index (χ4v) is 2.80. The van der Waals surface area contributed by atoms with Crippen LogP contribution in [0.5, 0.6) is 0 Å². The zero-order valence-electron chi connectivity index (χ0n) is 13.0. The van der Waals surface area contributed by atoms with Gasteiger partial charge in [-0.3, -0.25) is 14.2 Å². The maximum absolute atomic E-state index is 12.2. The van der Waals surface area contributed by atoms with Crippen LogP contribution < -0.4 is 0 Å². The Morgan fingerprint density at radius 1 is 1.25 bits per heavy atom. The molecule has 1 N–H and O–H groups in total. The summed E-state index contributed by atoms with van der Waals surface area (Å²) in [5.74, 6) is -0.578. The van der Waals surface area contributed by atoms with Crippen molar-refractivity contribution in [3.8, 4) is 5.69 Å². The van der Waals surface area contributed by atoms with Crippen LogP contribution in [0, 0.1) is 5.92 Å². The number of carboxylic acid groups (broad SMARTS) is 1. The highest BCUT2D eigenvalue weighted by atomic mass is 35.5. The lowest BCUT2D eigenvalue weighted by Crippen LogP contribution is -2.30. The number of para-hydroxylation sites is 1. The van der Waals surface area contributed by atoms with Crippen LogP contribution >= 0.6 is 12.4 Å². The van der Waals surface area contributed by atoms with Gasteiger partial charge in [0.1, 0.15) is 12.2 Å². The molecule has 7 nitrogen and oxygen atoms in total. The number of hydrogen-bond donors (Lipinski definition) is 1. The second-order valence-electron chi connectivity index (χ2n) is 5.62. The van der Waals surface area contributed by atoms with Crippen molar-refractivity contribution in [2.75, 3.05) is 13.1 Å². The molecule has 1 aromatic carbocycles. The number of aliphatic carboxylic acids is 1. The lowest BCUT2D eigenvalue weighted by Gasteiger charge is -2.15. The summed E-state index contributed by atoms with van der Waals surface area (Å²) in [6.45, 7) is 0.820. The van der Waals surface area contributed by atoms with Crippen LogP contribution in [0.25, 0.3) is 5.69 Å². The highest BCUT2D eigenvalue weighted by molar-refractivity contribution is 5.85. The first-order valence-electron chi connectivity index (χ1n) is 7.60. The SMILES string of the molecule is Cl.O=C(O)C1CCN(C(=O)CCc2nncn2-c2ccccc2)C1. The highest BCUT2D eigenvalue weighted by Crippen LogP contribution is 2.18. The van der Waals surface area contributed by atoms with Crippen LogP contribution in [-0.4, -0.2) is 49.7 Å². The van der Waals surface area contributed by atoms with E-state index in [4.69, 9.17) is 5.11 Å². The van der Waals surface area contributed by atoms with Crippen LogP contribution in [-0.2, 0) is 16.0 Å². The summed E-state index contributed by atoms with van der Waals surface area (Å²) >= 11 is 0. The zero-order valence-corrected chi connectivity index (χ0v) is 13.9. The maximum atomic E-state index is 12.2. The first-order valence-corrected chi connectivity index (χ1v) is 7.60. The summed E-state index contributed by atoms with van der Waals surface area (Å²) in [7, 11) is 0. The molecule has 1 atom stereocenters. The van der Waals surface area contributed by atoms with E-state index in [9.17, 15) is 9.59 Å². The van der Waals surface area contributed by atoms with E-state index < -0.39 is 11.9 Å². The molecule has 1 aromatic heterocycles. The van der Waals surface area contributed by atoms with E-state index in [-0.39, 0.29) is 18.3 Å². The molecule has 2 aromatic rings. The van der Waals surface area contributed by atoms with Crippen molar-refractivity contribution in [2.45, 2.75) is 19.3 Å². The Labute approximate surface area is 145 Å². The lowest BCUT2D eigenvalue weighted by atomic mass is 10.1. The van der Waals surface area contributed by atoms with Gasteiger partial charge in [0, 0.05) is 31.6 Å². The average Bonchev–Trinajstić information content (AvgIpc) is 3.22. The van der Waals surface area contributed by atoms with E-state index in [1.807, 2.05) is 34.9 Å². The summed E-state index contributed by atoms with van der Waals surface area (Å²) in [6, 6.07) is 9.70. The Bertz CT molecular complexity index is 704. The maximum Gasteiger partial charge on any atom is 0.308 e. The Kier molecular flexibility index (Phi) is 5.92. The molecule has 2 heterocycles. The molecule has 1 fully saturated rings. The minimum Gasteiger partial charge on any atom is -0.481 e. The third-order valence-corrected chi connectivity index (χ3v) is 4.11. The Balaban J connectivity index is 0.00000208. The van der Waals surface area contributed by atoms with Gasteiger partial charge in [0.05, 0.1) is 5.92 Å². The van der Waals surface area contributed by atoms with Gasteiger partial charge in [-0.1, -0.05) is 18.2 Å². The second-order valence-corrected chi connectivity index (χ2v) is 5.62. The third kappa shape index (κ3) is 3.91. The molecule has 8 heteroatoms. The predicted molar refractivity (Wildman–Crippen MR) is 89.3 cm³/mol. The van der Waals surface area contributed by atoms with Gasteiger partial charge < -0.3 is 10.0 Å². The van der Waals surface area contributed by atoms with E-state index in [1.54, 1.807) is 11.2 Å². The summed E-state index contributed by atoms with van der Waals surface area (Å²) in [6.07, 6.45) is 2.94. The Hall–Kier alpha value is -2.41.